The molecule has 1 heterocycles. The number of ether oxygens (including phenoxy) is 1. The Morgan fingerprint density at radius 3 is 2.60 bits per heavy atom. The number of rotatable bonds is 3. The Hall–Kier alpha value is -0.950. The van der Waals surface area contributed by atoms with Crippen LogP contribution in [-0.4, -0.2) is 45.1 Å². The highest BCUT2D eigenvalue weighted by Gasteiger charge is 2.28. The van der Waals surface area contributed by atoms with Crippen LogP contribution in [0.15, 0.2) is 24.3 Å². The minimum absolute atomic E-state index is 0.00209. The molecule has 0 amide bonds. The fraction of sp³-hybridized carbons (Fsp3) is 0.571. The number of aryl methyl sites for hydroxylation is 1. The molecule has 1 saturated heterocycles. The predicted octanol–water partition coefficient (Wildman–Crippen LogP) is 0.710. The van der Waals surface area contributed by atoms with Gasteiger partial charge < -0.3 is 4.74 Å². The van der Waals surface area contributed by atoms with Gasteiger partial charge in [-0.3, -0.25) is 0 Å². The Bertz CT molecular complexity index is 568. The van der Waals surface area contributed by atoms with Crippen LogP contribution >= 0.6 is 0 Å². The van der Waals surface area contributed by atoms with Gasteiger partial charge in [0.15, 0.2) is 0 Å². The Labute approximate surface area is 120 Å². The first-order valence-electron chi connectivity index (χ1n) is 7.07. The highest BCUT2D eigenvalue weighted by Crippen LogP contribution is 2.21. The summed E-state index contributed by atoms with van der Waals surface area (Å²) in [5.74, 6) is 0. The second-order valence-electron chi connectivity index (χ2n) is 5.34. The molecule has 0 saturated carbocycles. The lowest BCUT2D eigenvalue weighted by Crippen LogP contribution is -2.50. The summed E-state index contributed by atoms with van der Waals surface area (Å²) in [6.45, 7) is 1.85. The van der Waals surface area contributed by atoms with E-state index in [0.717, 1.165) is 19.3 Å². The van der Waals surface area contributed by atoms with E-state index in [1.54, 1.807) is 0 Å². The summed E-state index contributed by atoms with van der Waals surface area (Å²) in [6.07, 6.45) is 2.58. The van der Waals surface area contributed by atoms with Gasteiger partial charge in [0.1, 0.15) is 0 Å². The molecule has 1 aliphatic carbocycles. The van der Waals surface area contributed by atoms with Crippen molar-refractivity contribution >= 4 is 10.2 Å². The molecule has 2 aliphatic rings. The molecule has 0 aromatic heterocycles. The van der Waals surface area contributed by atoms with Gasteiger partial charge in [-0.2, -0.15) is 17.4 Å². The molecule has 1 aromatic carbocycles. The molecule has 1 N–H and O–H groups in total. The minimum Gasteiger partial charge on any atom is -0.379 e. The second kappa shape index (κ2) is 5.81. The molecule has 1 atom stereocenters. The molecule has 1 fully saturated rings. The average Bonchev–Trinajstić information content (AvgIpc) is 2.48. The van der Waals surface area contributed by atoms with Gasteiger partial charge >= 0.3 is 0 Å². The highest BCUT2D eigenvalue weighted by atomic mass is 32.2. The van der Waals surface area contributed by atoms with E-state index in [0.29, 0.717) is 26.3 Å². The fourth-order valence-electron chi connectivity index (χ4n) is 2.87. The maximum atomic E-state index is 12.3. The number of hydrogen-bond donors (Lipinski definition) is 1. The van der Waals surface area contributed by atoms with Crippen LogP contribution < -0.4 is 4.72 Å². The van der Waals surface area contributed by atoms with Crippen LogP contribution in [0.5, 0.6) is 0 Å². The van der Waals surface area contributed by atoms with E-state index in [2.05, 4.69) is 16.9 Å². The van der Waals surface area contributed by atoms with Gasteiger partial charge in [-0.1, -0.05) is 24.3 Å². The molecule has 110 valence electrons. The topological polar surface area (TPSA) is 58.6 Å². The lowest BCUT2D eigenvalue weighted by Gasteiger charge is -2.30. The number of fused-ring (bicyclic) bond motifs is 1. The van der Waals surface area contributed by atoms with E-state index in [4.69, 9.17) is 4.74 Å². The molecular formula is C14H20N2O3S. The third kappa shape index (κ3) is 3.03. The van der Waals surface area contributed by atoms with Crippen LogP contribution in [0.25, 0.3) is 0 Å². The summed E-state index contributed by atoms with van der Waals surface area (Å²) < 4.78 is 34.2. The predicted molar refractivity (Wildman–Crippen MR) is 76.7 cm³/mol. The third-order valence-electron chi connectivity index (χ3n) is 3.97. The molecule has 20 heavy (non-hydrogen) atoms. The SMILES string of the molecule is O=S(=O)(NC1CCc2ccccc2C1)N1CCOCC1. The molecule has 1 aliphatic heterocycles. The largest absolute Gasteiger partial charge is 0.379 e. The van der Waals surface area contributed by atoms with Crippen LogP contribution in [-0.2, 0) is 27.8 Å². The first-order valence-corrected chi connectivity index (χ1v) is 8.51. The van der Waals surface area contributed by atoms with Crippen molar-refractivity contribution in [3.05, 3.63) is 35.4 Å². The van der Waals surface area contributed by atoms with Crippen molar-refractivity contribution in [3.8, 4) is 0 Å². The molecule has 5 nitrogen and oxygen atoms in total. The Balaban J connectivity index is 1.66. The third-order valence-corrected chi connectivity index (χ3v) is 5.65. The van der Waals surface area contributed by atoms with E-state index in [1.165, 1.54) is 15.4 Å². The van der Waals surface area contributed by atoms with Crippen LogP contribution in [0.2, 0.25) is 0 Å². The van der Waals surface area contributed by atoms with E-state index < -0.39 is 10.2 Å². The first-order chi connectivity index (χ1) is 9.65. The second-order valence-corrected chi connectivity index (χ2v) is 7.04. The standard InChI is InChI=1S/C14H20N2O3S/c17-20(18,16-7-9-19-10-8-16)15-14-6-5-12-3-1-2-4-13(12)11-14/h1-4,14-15H,5-11H2. The van der Waals surface area contributed by atoms with E-state index >= 15 is 0 Å². The summed E-state index contributed by atoms with van der Waals surface area (Å²) in [4.78, 5) is 0. The average molecular weight is 296 g/mol. The van der Waals surface area contributed by atoms with E-state index in [-0.39, 0.29) is 6.04 Å². The molecule has 0 radical (unpaired) electrons. The zero-order valence-electron chi connectivity index (χ0n) is 11.4. The van der Waals surface area contributed by atoms with Gasteiger partial charge in [-0.15, -0.1) is 0 Å². The van der Waals surface area contributed by atoms with Crippen LogP contribution in [0, 0.1) is 0 Å². The van der Waals surface area contributed by atoms with E-state index in [9.17, 15) is 8.42 Å². The van der Waals surface area contributed by atoms with Gasteiger partial charge in [0.25, 0.3) is 10.2 Å². The van der Waals surface area contributed by atoms with Crippen LogP contribution in [0.3, 0.4) is 0 Å². The fourth-order valence-corrected chi connectivity index (χ4v) is 4.27. The van der Waals surface area contributed by atoms with Gasteiger partial charge in [0.05, 0.1) is 13.2 Å². The van der Waals surface area contributed by atoms with Crippen LogP contribution in [0.4, 0.5) is 0 Å². The quantitative estimate of drug-likeness (QED) is 0.894. The summed E-state index contributed by atoms with van der Waals surface area (Å²) in [5, 5.41) is 0. The normalized spacial score (nSPS) is 24.3. The maximum absolute atomic E-state index is 12.3. The van der Waals surface area contributed by atoms with Crippen molar-refractivity contribution in [2.24, 2.45) is 0 Å². The first kappa shape index (κ1) is 14.0. The van der Waals surface area contributed by atoms with Crippen molar-refractivity contribution in [1.29, 1.82) is 0 Å². The highest BCUT2D eigenvalue weighted by molar-refractivity contribution is 7.87. The molecule has 0 spiro atoms. The maximum Gasteiger partial charge on any atom is 0.279 e. The lowest BCUT2D eigenvalue weighted by atomic mass is 9.89. The number of nitrogens with one attached hydrogen (secondary N) is 1. The van der Waals surface area contributed by atoms with Crippen molar-refractivity contribution in [2.75, 3.05) is 26.3 Å². The summed E-state index contributed by atoms with van der Waals surface area (Å²) >= 11 is 0. The molecule has 1 aromatic rings. The van der Waals surface area contributed by atoms with Gasteiger partial charge in [0, 0.05) is 19.1 Å². The number of hydrogen-bond acceptors (Lipinski definition) is 3. The molecular weight excluding hydrogens is 276 g/mol. The Kier molecular flexibility index (Phi) is 4.07. The van der Waals surface area contributed by atoms with Crippen LogP contribution in [0.1, 0.15) is 17.5 Å². The van der Waals surface area contributed by atoms with Gasteiger partial charge in [-0.25, -0.2) is 0 Å². The van der Waals surface area contributed by atoms with Gasteiger partial charge in [0.2, 0.25) is 0 Å². The zero-order valence-corrected chi connectivity index (χ0v) is 12.2. The lowest BCUT2D eigenvalue weighted by molar-refractivity contribution is 0.0723. The number of morpholine rings is 1. The Morgan fingerprint density at radius 1 is 1.15 bits per heavy atom. The summed E-state index contributed by atoms with van der Waals surface area (Å²) in [7, 11) is -3.38. The van der Waals surface area contributed by atoms with Crippen molar-refractivity contribution in [2.45, 2.75) is 25.3 Å². The van der Waals surface area contributed by atoms with Crippen molar-refractivity contribution < 1.29 is 13.2 Å². The molecule has 1 unspecified atom stereocenters. The van der Waals surface area contributed by atoms with Crippen molar-refractivity contribution in [3.63, 3.8) is 0 Å². The smallest absolute Gasteiger partial charge is 0.279 e. The van der Waals surface area contributed by atoms with E-state index in [1.807, 2.05) is 12.1 Å². The number of benzene rings is 1. The summed E-state index contributed by atoms with van der Waals surface area (Å²) in [5.41, 5.74) is 2.60. The number of nitrogens with zero attached hydrogens (tertiary/aromatic N) is 1. The van der Waals surface area contributed by atoms with Gasteiger partial charge in [-0.05, 0) is 30.4 Å². The minimum atomic E-state index is -3.38. The summed E-state index contributed by atoms with van der Waals surface area (Å²) in [6, 6.07) is 8.26. The molecule has 0 bridgehead atoms. The monoisotopic (exact) mass is 296 g/mol. The zero-order chi connectivity index (χ0) is 14.0. The Morgan fingerprint density at radius 2 is 1.85 bits per heavy atom. The molecule has 6 heteroatoms. The van der Waals surface area contributed by atoms with Crippen molar-refractivity contribution in [1.82, 2.24) is 9.03 Å². The molecule has 3 rings (SSSR count).